The maximum atomic E-state index is 13.2. The van der Waals surface area contributed by atoms with Gasteiger partial charge in [0.2, 0.25) is 5.91 Å². The van der Waals surface area contributed by atoms with Gasteiger partial charge in [0.05, 0.1) is 11.6 Å². The zero-order valence-corrected chi connectivity index (χ0v) is 17.4. The van der Waals surface area contributed by atoms with Crippen molar-refractivity contribution in [3.05, 3.63) is 59.7 Å². The van der Waals surface area contributed by atoms with E-state index in [9.17, 15) is 9.59 Å². The van der Waals surface area contributed by atoms with Crippen molar-refractivity contribution in [2.75, 3.05) is 23.3 Å². The number of piperidine rings is 1. The van der Waals surface area contributed by atoms with Gasteiger partial charge in [-0.1, -0.05) is 37.3 Å². The molecule has 0 saturated carbocycles. The monoisotopic (exact) mass is 393 g/mol. The first-order valence-corrected chi connectivity index (χ1v) is 10.6. The Balaban J connectivity index is 1.85. The van der Waals surface area contributed by atoms with Gasteiger partial charge in [0, 0.05) is 30.9 Å². The molecule has 1 saturated heterocycles. The molecule has 2 N–H and O–H groups in total. The predicted molar refractivity (Wildman–Crippen MR) is 118 cm³/mol. The number of carbonyl (C=O) groups is 2. The van der Waals surface area contributed by atoms with Crippen molar-refractivity contribution in [1.29, 1.82) is 0 Å². The summed E-state index contributed by atoms with van der Waals surface area (Å²) in [5.74, 6) is -0.143. The molecule has 0 radical (unpaired) electrons. The zero-order chi connectivity index (χ0) is 20.6. The lowest BCUT2D eigenvalue weighted by Gasteiger charge is -2.31. The van der Waals surface area contributed by atoms with E-state index >= 15 is 0 Å². The van der Waals surface area contributed by atoms with E-state index in [1.165, 1.54) is 6.42 Å². The third-order valence-electron chi connectivity index (χ3n) is 5.35. The van der Waals surface area contributed by atoms with Crippen molar-refractivity contribution in [3.63, 3.8) is 0 Å². The third-order valence-corrected chi connectivity index (χ3v) is 5.35. The van der Waals surface area contributed by atoms with Gasteiger partial charge in [0.1, 0.15) is 0 Å². The molecule has 154 valence electrons. The quantitative estimate of drug-likeness (QED) is 0.703. The summed E-state index contributed by atoms with van der Waals surface area (Å²) in [7, 11) is 0. The first kappa shape index (κ1) is 20.9. The molecule has 1 heterocycles. The summed E-state index contributed by atoms with van der Waals surface area (Å²) in [5.41, 5.74) is 3.29. The zero-order valence-electron chi connectivity index (χ0n) is 17.4. The second-order valence-corrected chi connectivity index (χ2v) is 7.68. The molecule has 1 atom stereocenters. The molecule has 0 spiro atoms. The van der Waals surface area contributed by atoms with Crippen LogP contribution in [0.3, 0.4) is 0 Å². The number of amides is 2. The van der Waals surface area contributed by atoms with Gasteiger partial charge < -0.3 is 15.5 Å². The Morgan fingerprint density at radius 3 is 2.45 bits per heavy atom. The molecule has 1 fully saturated rings. The molecule has 0 aromatic heterocycles. The summed E-state index contributed by atoms with van der Waals surface area (Å²) in [4.78, 5) is 27.5. The summed E-state index contributed by atoms with van der Waals surface area (Å²) in [5, 5.41) is 6.04. The van der Waals surface area contributed by atoms with Crippen LogP contribution in [0.2, 0.25) is 0 Å². The lowest BCUT2D eigenvalue weighted by atomic mass is 10.0. The molecule has 0 aliphatic carbocycles. The smallest absolute Gasteiger partial charge is 0.253 e. The Hall–Kier alpha value is -2.82. The van der Waals surface area contributed by atoms with Crippen LogP contribution in [0.5, 0.6) is 0 Å². The Bertz CT molecular complexity index is 829. The van der Waals surface area contributed by atoms with Gasteiger partial charge in [-0.25, -0.2) is 0 Å². The van der Waals surface area contributed by atoms with Gasteiger partial charge in [-0.2, -0.15) is 0 Å². The molecule has 2 aromatic rings. The van der Waals surface area contributed by atoms with E-state index < -0.39 is 0 Å². The molecule has 2 aromatic carbocycles. The van der Waals surface area contributed by atoms with Gasteiger partial charge in [0.25, 0.3) is 5.91 Å². The van der Waals surface area contributed by atoms with Gasteiger partial charge in [-0.15, -0.1) is 0 Å². The van der Waals surface area contributed by atoms with E-state index in [4.69, 9.17) is 0 Å². The number of nitrogens with zero attached hydrogens (tertiary/aromatic N) is 1. The van der Waals surface area contributed by atoms with Crippen LogP contribution >= 0.6 is 0 Å². The first-order valence-electron chi connectivity index (χ1n) is 10.6. The average molecular weight is 394 g/mol. The number of benzene rings is 2. The third kappa shape index (κ3) is 5.59. The highest BCUT2D eigenvalue weighted by molar-refractivity contribution is 6.02. The number of hydrogen-bond acceptors (Lipinski definition) is 3. The fourth-order valence-electron chi connectivity index (χ4n) is 3.76. The molecule has 29 heavy (non-hydrogen) atoms. The maximum Gasteiger partial charge on any atom is 0.253 e. The van der Waals surface area contributed by atoms with Crippen molar-refractivity contribution in [2.45, 2.75) is 52.0 Å². The summed E-state index contributed by atoms with van der Waals surface area (Å²) in [6, 6.07) is 15.5. The van der Waals surface area contributed by atoms with Crippen LogP contribution in [-0.2, 0) is 4.79 Å². The van der Waals surface area contributed by atoms with Crippen LogP contribution in [-0.4, -0.2) is 24.9 Å². The lowest BCUT2D eigenvalue weighted by molar-refractivity contribution is -0.116. The van der Waals surface area contributed by atoms with Crippen molar-refractivity contribution >= 4 is 23.2 Å². The number of rotatable bonds is 7. The van der Waals surface area contributed by atoms with Crippen molar-refractivity contribution in [3.8, 4) is 0 Å². The van der Waals surface area contributed by atoms with Crippen LogP contribution in [0, 0.1) is 0 Å². The van der Waals surface area contributed by atoms with Crippen LogP contribution < -0.4 is 15.5 Å². The molecule has 5 nitrogen and oxygen atoms in total. The highest BCUT2D eigenvalue weighted by Crippen LogP contribution is 2.28. The number of anilines is 2. The number of carbonyl (C=O) groups excluding carboxylic acids is 2. The van der Waals surface area contributed by atoms with Crippen LogP contribution in [0.4, 0.5) is 11.4 Å². The number of nitrogens with one attached hydrogen (secondary N) is 2. The first-order chi connectivity index (χ1) is 14.1. The highest BCUT2D eigenvalue weighted by atomic mass is 16.2. The largest absolute Gasteiger partial charge is 0.371 e. The van der Waals surface area contributed by atoms with E-state index in [1.54, 1.807) is 0 Å². The standard InChI is InChI=1S/C24H31N3O2/c1-3-10-23(28)26-20-13-14-22(27-15-8-5-9-16-27)21(17-20)24(29)25-18(2)19-11-6-4-7-12-19/h4,6-7,11-14,17-18H,3,5,8-10,15-16H2,1-2H3,(H,25,29)(H,26,28). The van der Waals surface area contributed by atoms with E-state index in [1.807, 2.05) is 62.4 Å². The van der Waals surface area contributed by atoms with E-state index in [-0.39, 0.29) is 17.9 Å². The molecule has 0 bridgehead atoms. The molecular formula is C24H31N3O2. The fourth-order valence-corrected chi connectivity index (χ4v) is 3.76. The van der Waals surface area contributed by atoms with E-state index in [0.717, 1.165) is 43.6 Å². The fraction of sp³-hybridized carbons (Fsp3) is 0.417. The minimum atomic E-state index is -0.117. The molecule has 3 rings (SSSR count). The summed E-state index contributed by atoms with van der Waals surface area (Å²) in [6.45, 7) is 5.87. The summed E-state index contributed by atoms with van der Waals surface area (Å²) >= 11 is 0. The van der Waals surface area contributed by atoms with Crippen LogP contribution in [0.25, 0.3) is 0 Å². The molecule has 1 unspecified atom stereocenters. The molecule has 1 aliphatic rings. The molecule has 1 aliphatic heterocycles. The van der Waals surface area contributed by atoms with E-state index in [0.29, 0.717) is 17.7 Å². The Morgan fingerprint density at radius 2 is 1.76 bits per heavy atom. The Kier molecular flexibility index (Phi) is 7.28. The van der Waals surface area contributed by atoms with Crippen molar-refractivity contribution < 1.29 is 9.59 Å². The predicted octanol–water partition coefficient (Wildman–Crippen LogP) is 4.91. The topological polar surface area (TPSA) is 61.4 Å². The second-order valence-electron chi connectivity index (χ2n) is 7.68. The summed E-state index contributed by atoms with van der Waals surface area (Å²) < 4.78 is 0. The van der Waals surface area contributed by atoms with Crippen molar-refractivity contribution in [2.24, 2.45) is 0 Å². The SMILES string of the molecule is CCCC(=O)Nc1ccc(N2CCCCC2)c(C(=O)NC(C)c2ccccc2)c1. The maximum absolute atomic E-state index is 13.2. The summed E-state index contributed by atoms with van der Waals surface area (Å²) in [6.07, 6.45) is 4.77. The van der Waals surface area contributed by atoms with E-state index in [2.05, 4.69) is 15.5 Å². The Morgan fingerprint density at radius 1 is 1.03 bits per heavy atom. The van der Waals surface area contributed by atoms with Crippen LogP contribution in [0.15, 0.2) is 48.5 Å². The van der Waals surface area contributed by atoms with Gasteiger partial charge in [0.15, 0.2) is 0 Å². The minimum Gasteiger partial charge on any atom is -0.371 e. The average Bonchev–Trinajstić information content (AvgIpc) is 2.75. The molecule has 5 heteroatoms. The van der Waals surface area contributed by atoms with Gasteiger partial charge >= 0.3 is 0 Å². The highest BCUT2D eigenvalue weighted by Gasteiger charge is 2.21. The Labute approximate surface area is 173 Å². The second kappa shape index (κ2) is 10.1. The molecular weight excluding hydrogens is 362 g/mol. The van der Waals surface area contributed by atoms with Gasteiger partial charge in [-0.05, 0) is 56.4 Å². The minimum absolute atomic E-state index is 0.0257. The normalized spacial score (nSPS) is 14.9. The lowest BCUT2D eigenvalue weighted by Crippen LogP contribution is -2.33. The van der Waals surface area contributed by atoms with Crippen molar-refractivity contribution in [1.82, 2.24) is 5.32 Å². The number of hydrogen-bond donors (Lipinski definition) is 2. The molecule has 2 amide bonds. The van der Waals surface area contributed by atoms with Crippen LogP contribution in [0.1, 0.15) is 67.9 Å². The van der Waals surface area contributed by atoms with Gasteiger partial charge in [-0.3, -0.25) is 9.59 Å².